The van der Waals surface area contributed by atoms with Gasteiger partial charge in [0, 0.05) is 12.6 Å². The second-order valence-electron chi connectivity index (χ2n) is 6.65. The smallest absolute Gasteiger partial charge is 0.122 e. The quantitative estimate of drug-likeness (QED) is 0.831. The first kappa shape index (κ1) is 17.3. The van der Waals surface area contributed by atoms with Gasteiger partial charge in [-0.2, -0.15) is 0 Å². The van der Waals surface area contributed by atoms with E-state index in [1.807, 2.05) is 12.1 Å². The van der Waals surface area contributed by atoms with Gasteiger partial charge in [-0.05, 0) is 50.3 Å². The molecule has 0 bridgehead atoms. The van der Waals surface area contributed by atoms with Crippen LogP contribution in [0, 0.1) is 0 Å². The van der Waals surface area contributed by atoms with Gasteiger partial charge in [0.2, 0.25) is 0 Å². The molecule has 0 unspecified atom stereocenters. The second-order valence-corrected chi connectivity index (χ2v) is 6.65. The third kappa shape index (κ3) is 4.72. The van der Waals surface area contributed by atoms with Gasteiger partial charge in [0.05, 0.1) is 0 Å². The Hall–Kier alpha value is -1.06. The van der Waals surface area contributed by atoms with E-state index in [0.717, 1.165) is 18.7 Å². The van der Waals surface area contributed by atoms with Crippen LogP contribution < -0.4 is 4.74 Å². The molecule has 1 fully saturated rings. The van der Waals surface area contributed by atoms with Gasteiger partial charge in [-0.1, -0.05) is 38.5 Å². The zero-order valence-electron chi connectivity index (χ0n) is 14.3. The fourth-order valence-electron chi connectivity index (χ4n) is 3.18. The van der Waals surface area contributed by atoms with Crippen LogP contribution in [0.2, 0.25) is 0 Å². The molecule has 0 saturated carbocycles. The van der Waals surface area contributed by atoms with Gasteiger partial charge in [-0.25, -0.2) is 0 Å². The molecular weight excluding hydrogens is 274 g/mol. The van der Waals surface area contributed by atoms with Crippen molar-refractivity contribution in [2.24, 2.45) is 0 Å². The maximum atomic E-state index is 10.3. The van der Waals surface area contributed by atoms with Crippen molar-refractivity contribution in [2.75, 3.05) is 19.7 Å². The number of para-hydroxylation sites is 1. The molecule has 0 amide bonds. The molecule has 3 heteroatoms. The summed E-state index contributed by atoms with van der Waals surface area (Å²) in [6, 6.07) is 8.77. The maximum absolute atomic E-state index is 10.3. The van der Waals surface area contributed by atoms with E-state index >= 15 is 0 Å². The van der Waals surface area contributed by atoms with E-state index in [1.54, 1.807) is 0 Å². The topological polar surface area (TPSA) is 32.7 Å². The molecule has 1 saturated heterocycles. The number of benzene rings is 1. The van der Waals surface area contributed by atoms with Gasteiger partial charge in [-0.15, -0.1) is 0 Å². The van der Waals surface area contributed by atoms with Gasteiger partial charge in [0.15, 0.2) is 0 Å². The molecule has 3 atom stereocenters. The summed E-state index contributed by atoms with van der Waals surface area (Å²) in [7, 11) is 0. The summed E-state index contributed by atoms with van der Waals surface area (Å²) in [6.45, 7) is 8.85. The van der Waals surface area contributed by atoms with Crippen molar-refractivity contribution < 1.29 is 9.84 Å². The number of nitrogens with zero attached hydrogens (tertiary/aromatic N) is 1. The lowest BCUT2D eigenvalue weighted by atomic mass is 9.98. The minimum absolute atomic E-state index is 0.372. The van der Waals surface area contributed by atoms with Crippen molar-refractivity contribution in [2.45, 2.75) is 64.5 Å². The van der Waals surface area contributed by atoms with Crippen molar-refractivity contribution in [1.29, 1.82) is 0 Å². The largest absolute Gasteiger partial charge is 0.491 e. The minimum atomic E-state index is -0.425. The van der Waals surface area contributed by atoms with Crippen LogP contribution in [-0.2, 0) is 0 Å². The lowest BCUT2D eigenvalue weighted by molar-refractivity contribution is 0.0435. The second kappa shape index (κ2) is 8.54. The number of β-amino-alcohol motifs (C(OH)–C–C–N with tert-alkyl or cyclic N) is 1. The lowest BCUT2D eigenvalue weighted by Gasteiger charge is -2.34. The molecule has 3 nitrogen and oxygen atoms in total. The third-order valence-electron chi connectivity index (χ3n) is 4.88. The van der Waals surface area contributed by atoms with Crippen molar-refractivity contribution in [3.05, 3.63) is 29.8 Å². The summed E-state index contributed by atoms with van der Waals surface area (Å²) in [4.78, 5) is 2.39. The van der Waals surface area contributed by atoms with Crippen LogP contribution in [0.4, 0.5) is 0 Å². The summed E-state index contributed by atoms with van der Waals surface area (Å²) >= 11 is 0. The van der Waals surface area contributed by atoms with E-state index in [-0.39, 0.29) is 0 Å². The number of ether oxygens (including phenoxy) is 1. The molecule has 0 aromatic heterocycles. The Morgan fingerprint density at radius 2 is 2.09 bits per heavy atom. The molecule has 22 heavy (non-hydrogen) atoms. The zero-order chi connectivity index (χ0) is 15.9. The van der Waals surface area contributed by atoms with E-state index in [1.165, 1.54) is 24.8 Å². The van der Waals surface area contributed by atoms with Crippen molar-refractivity contribution >= 4 is 0 Å². The molecule has 1 N–H and O–H groups in total. The van der Waals surface area contributed by atoms with Crippen molar-refractivity contribution in [1.82, 2.24) is 4.90 Å². The number of hydrogen-bond acceptors (Lipinski definition) is 3. The van der Waals surface area contributed by atoms with E-state index in [2.05, 4.69) is 37.8 Å². The fraction of sp³-hybridized carbons (Fsp3) is 0.684. The molecule has 1 aromatic carbocycles. The number of piperidine rings is 1. The molecule has 124 valence electrons. The summed E-state index contributed by atoms with van der Waals surface area (Å²) in [6.07, 6.45) is 4.46. The molecule has 1 aromatic rings. The first-order valence-corrected chi connectivity index (χ1v) is 8.75. The highest BCUT2D eigenvalue weighted by Gasteiger charge is 2.21. The van der Waals surface area contributed by atoms with Gasteiger partial charge in [0.1, 0.15) is 18.5 Å². The molecule has 0 spiro atoms. The predicted octanol–water partition coefficient (Wildman–Crippen LogP) is 3.81. The maximum Gasteiger partial charge on any atom is 0.122 e. The molecule has 1 heterocycles. The first-order valence-electron chi connectivity index (χ1n) is 8.75. The molecule has 0 radical (unpaired) electrons. The third-order valence-corrected chi connectivity index (χ3v) is 4.88. The monoisotopic (exact) mass is 305 g/mol. The normalized spacial score (nSPS) is 22.3. The molecule has 0 aliphatic carbocycles. The Kier molecular flexibility index (Phi) is 6.71. The minimum Gasteiger partial charge on any atom is -0.491 e. The summed E-state index contributed by atoms with van der Waals surface area (Å²) in [5.41, 5.74) is 1.24. The van der Waals surface area contributed by atoms with Gasteiger partial charge >= 0.3 is 0 Å². The highest BCUT2D eigenvalue weighted by Crippen LogP contribution is 2.28. The van der Waals surface area contributed by atoms with Gasteiger partial charge in [0.25, 0.3) is 0 Å². The van der Waals surface area contributed by atoms with Gasteiger partial charge in [-0.3, -0.25) is 4.90 Å². The Morgan fingerprint density at radius 1 is 1.32 bits per heavy atom. The number of hydrogen-bond donors (Lipinski definition) is 1. The first-order chi connectivity index (χ1) is 10.6. The van der Waals surface area contributed by atoms with Crippen LogP contribution in [0.3, 0.4) is 0 Å². The van der Waals surface area contributed by atoms with E-state index in [4.69, 9.17) is 4.74 Å². The Morgan fingerprint density at radius 3 is 2.82 bits per heavy atom. The lowest BCUT2D eigenvalue weighted by Crippen LogP contribution is -2.43. The van der Waals surface area contributed by atoms with E-state index < -0.39 is 6.10 Å². The fourth-order valence-corrected chi connectivity index (χ4v) is 3.18. The van der Waals surface area contributed by atoms with Gasteiger partial charge < -0.3 is 9.84 Å². The van der Waals surface area contributed by atoms with Crippen LogP contribution >= 0.6 is 0 Å². The average molecular weight is 305 g/mol. The molecule has 1 aliphatic rings. The number of aliphatic hydroxyl groups excluding tert-OH is 1. The predicted molar refractivity (Wildman–Crippen MR) is 91.5 cm³/mol. The Labute approximate surface area is 135 Å². The summed E-state index contributed by atoms with van der Waals surface area (Å²) in [5.74, 6) is 1.40. The molecular formula is C19H31NO2. The van der Waals surface area contributed by atoms with Crippen LogP contribution in [0.25, 0.3) is 0 Å². The highest BCUT2D eigenvalue weighted by atomic mass is 16.5. The Balaban J connectivity index is 1.87. The van der Waals surface area contributed by atoms with Crippen LogP contribution in [0.15, 0.2) is 24.3 Å². The summed E-state index contributed by atoms with van der Waals surface area (Å²) in [5, 5.41) is 10.3. The van der Waals surface area contributed by atoms with Crippen LogP contribution in [0.1, 0.15) is 57.9 Å². The highest BCUT2D eigenvalue weighted by molar-refractivity contribution is 5.35. The molecule has 2 rings (SSSR count). The van der Waals surface area contributed by atoms with E-state index in [9.17, 15) is 5.11 Å². The number of aliphatic hydroxyl groups is 1. The SMILES string of the molecule is CC[C@H](C)c1ccccc1OC[C@@H](O)CN1CCCC[C@@H]1C. The zero-order valence-corrected chi connectivity index (χ0v) is 14.3. The average Bonchev–Trinajstić information content (AvgIpc) is 2.54. The van der Waals surface area contributed by atoms with Crippen molar-refractivity contribution in [3.63, 3.8) is 0 Å². The molecule has 1 aliphatic heterocycles. The standard InChI is InChI=1S/C19H31NO2/c1-4-15(2)18-10-5-6-11-19(18)22-14-17(21)13-20-12-8-7-9-16(20)3/h5-6,10-11,15-17,21H,4,7-9,12-14H2,1-3H3/t15-,16-,17-/m0/s1. The van der Waals surface area contributed by atoms with Crippen LogP contribution in [0.5, 0.6) is 5.75 Å². The number of likely N-dealkylation sites (tertiary alicyclic amines) is 1. The van der Waals surface area contributed by atoms with Crippen molar-refractivity contribution in [3.8, 4) is 5.75 Å². The number of rotatable bonds is 7. The van der Waals surface area contributed by atoms with E-state index in [0.29, 0.717) is 25.1 Å². The Bertz CT molecular complexity index is 449. The van der Waals surface area contributed by atoms with Crippen LogP contribution in [-0.4, -0.2) is 41.8 Å². The summed E-state index contributed by atoms with van der Waals surface area (Å²) < 4.78 is 5.92.